The average Bonchev–Trinajstić information content (AvgIpc) is 2.71. The van der Waals surface area contributed by atoms with Crippen LogP contribution in [0.4, 0.5) is 0 Å². The molecule has 0 aliphatic heterocycles. The SMILES string of the molecule is COCCOCCCOC1(CNC(C)C)CCCCCC1. The van der Waals surface area contributed by atoms with Gasteiger partial charge in [-0.1, -0.05) is 39.5 Å². The van der Waals surface area contributed by atoms with Crippen LogP contribution in [0.25, 0.3) is 0 Å². The predicted octanol–water partition coefficient (Wildman–Crippen LogP) is 3.15. The van der Waals surface area contributed by atoms with E-state index in [0.717, 1.165) is 26.2 Å². The molecular formula is C17H35NO3. The normalized spacial score (nSPS) is 18.9. The van der Waals surface area contributed by atoms with Crippen LogP contribution < -0.4 is 5.32 Å². The van der Waals surface area contributed by atoms with Crippen molar-refractivity contribution in [3.63, 3.8) is 0 Å². The van der Waals surface area contributed by atoms with E-state index >= 15 is 0 Å². The van der Waals surface area contributed by atoms with Crippen LogP contribution in [-0.4, -0.2) is 51.7 Å². The Morgan fingerprint density at radius 1 is 0.952 bits per heavy atom. The quantitative estimate of drug-likeness (QED) is 0.470. The Balaban J connectivity index is 2.27. The molecule has 1 rings (SSSR count). The van der Waals surface area contributed by atoms with Crippen molar-refractivity contribution in [3.8, 4) is 0 Å². The monoisotopic (exact) mass is 301 g/mol. The maximum absolute atomic E-state index is 6.33. The van der Waals surface area contributed by atoms with Gasteiger partial charge in [0, 0.05) is 32.9 Å². The second-order valence-electron chi connectivity index (χ2n) is 6.44. The summed E-state index contributed by atoms with van der Waals surface area (Å²) in [5.41, 5.74) is 0.0489. The smallest absolute Gasteiger partial charge is 0.0806 e. The van der Waals surface area contributed by atoms with Gasteiger partial charge < -0.3 is 19.5 Å². The number of nitrogens with one attached hydrogen (secondary N) is 1. The molecule has 0 amide bonds. The minimum Gasteiger partial charge on any atom is -0.382 e. The third-order valence-electron chi connectivity index (χ3n) is 4.12. The minimum atomic E-state index is 0.0489. The van der Waals surface area contributed by atoms with Crippen molar-refractivity contribution in [2.45, 2.75) is 70.4 Å². The van der Waals surface area contributed by atoms with Gasteiger partial charge in [-0.15, -0.1) is 0 Å². The summed E-state index contributed by atoms with van der Waals surface area (Å²) in [4.78, 5) is 0. The summed E-state index contributed by atoms with van der Waals surface area (Å²) in [7, 11) is 1.70. The van der Waals surface area contributed by atoms with Gasteiger partial charge in [-0.05, 0) is 19.3 Å². The van der Waals surface area contributed by atoms with Crippen molar-refractivity contribution in [2.24, 2.45) is 0 Å². The molecule has 1 fully saturated rings. The number of methoxy groups -OCH3 is 1. The highest BCUT2D eigenvalue weighted by Gasteiger charge is 2.31. The molecule has 0 aromatic heterocycles. The molecular weight excluding hydrogens is 266 g/mol. The lowest BCUT2D eigenvalue weighted by molar-refractivity contribution is -0.0630. The maximum atomic E-state index is 6.33. The fourth-order valence-electron chi connectivity index (χ4n) is 2.83. The van der Waals surface area contributed by atoms with Gasteiger partial charge in [-0.25, -0.2) is 0 Å². The van der Waals surface area contributed by atoms with E-state index in [1.165, 1.54) is 38.5 Å². The molecule has 0 spiro atoms. The van der Waals surface area contributed by atoms with Crippen LogP contribution in [-0.2, 0) is 14.2 Å². The topological polar surface area (TPSA) is 39.7 Å². The van der Waals surface area contributed by atoms with E-state index in [-0.39, 0.29) is 5.60 Å². The zero-order chi connectivity index (χ0) is 15.4. The van der Waals surface area contributed by atoms with Crippen LogP contribution in [0.15, 0.2) is 0 Å². The summed E-state index contributed by atoms with van der Waals surface area (Å²) >= 11 is 0. The van der Waals surface area contributed by atoms with Crippen molar-refractivity contribution in [1.29, 1.82) is 0 Å². The van der Waals surface area contributed by atoms with E-state index in [9.17, 15) is 0 Å². The van der Waals surface area contributed by atoms with Crippen molar-refractivity contribution in [3.05, 3.63) is 0 Å². The molecule has 1 aliphatic rings. The van der Waals surface area contributed by atoms with Gasteiger partial charge in [0.15, 0.2) is 0 Å². The Morgan fingerprint density at radius 2 is 1.67 bits per heavy atom. The van der Waals surface area contributed by atoms with Crippen LogP contribution in [0.5, 0.6) is 0 Å². The summed E-state index contributed by atoms with van der Waals surface area (Å²) < 4.78 is 16.8. The molecule has 4 nitrogen and oxygen atoms in total. The molecule has 0 bridgehead atoms. The van der Waals surface area contributed by atoms with E-state index in [4.69, 9.17) is 14.2 Å². The predicted molar refractivity (Wildman–Crippen MR) is 86.8 cm³/mol. The molecule has 0 aromatic carbocycles. The highest BCUT2D eigenvalue weighted by molar-refractivity contribution is 4.86. The van der Waals surface area contributed by atoms with Crippen LogP contribution in [0, 0.1) is 0 Å². The number of rotatable bonds is 11. The Kier molecular flexibility index (Phi) is 10.3. The maximum Gasteiger partial charge on any atom is 0.0806 e. The Labute approximate surface area is 130 Å². The van der Waals surface area contributed by atoms with Gasteiger partial charge in [0.05, 0.1) is 18.8 Å². The van der Waals surface area contributed by atoms with E-state index in [0.29, 0.717) is 19.3 Å². The number of hydrogen-bond acceptors (Lipinski definition) is 4. The third kappa shape index (κ3) is 8.77. The second kappa shape index (κ2) is 11.4. The van der Waals surface area contributed by atoms with Gasteiger partial charge in [0.25, 0.3) is 0 Å². The molecule has 126 valence electrons. The van der Waals surface area contributed by atoms with Crippen LogP contribution in [0.3, 0.4) is 0 Å². The Bertz CT molecular complexity index is 238. The van der Waals surface area contributed by atoms with Crippen molar-refractivity contribution < 1.29 is 14.2 Å². The van der Waals surface area contributed by atoms with Gasteiger partial charge in [-0.3, -0.25) is 0 Å². The first-order valence-corrected chi connectivity index (χ1v) is 8.62. The fraction of sp³-hybridized carbons (Fsp3) is 1.00. The molecule has 1 aliphatic carbocycles. The summed E-state index contributed by atoms with van der Waals surface area (Å²) in [5, 5.41) is 3.58. The molecule has 1 N–H and O–H groups in total. The average molecular weight is 301 g/mol. The lowest BCUT2D eigenvalue weighted by Gasteiger charge is -2.34. The molecule has 4 heteroatoms. The molecule has 0 radical (unpaired) electrons. The zero-order valence-corrected chi connectivity index (χ0v) is 14.3. The molecule has 0 aromatic rings. The van der Waals surface area contributed by atoms with Crippen molar-refractivity contribution in [2.75, 3.05) is 40.1 Å². The summed E-state index contributed by atoms with van der Waals surface area (Å²) in [6.45, 7) is 8.29. The molecule has 0 atom stereocenters. The van der Waals surface area contributed by atoms with Crippen molar-refractivity contribution in [1.82, 2.24) is 5.32 Å². The molecule has 1 saturated carbocycles. The fourth-order valence-corrected chi connectivity index (χ4v) is 2.83. The first kappa shape index (κ1) is 18.9. The van der Waals surface area contributed by atoms with Gasteiger partial charge in [-0.2, -0.15) is 0 Å². The van der Waals surface area contributed by atoms with Crippen LogP contribution >= 0.6 is 0 Å². The largest absolute Gasteiger partial charge is 0.382 e. The molecule has 21 heavy (non-hydrogen) atoms. The summed E-state index contributed by atoms with van der Waals surface area (Å²) in [5.74, 6) is 0. The lowest BCUT2D eigenvalue weighted by Crippen LogP contribution is -2.45. The second-order valence-corrected chi connectivity index (χ2v) is 6.44. The number of hydrogen-bond donors (Lipinski definition) is 1. The first-order chi connectivity index (χ1) is 10.2. The number of ether oxygens (including phenoxy) is 3. The Morgan fingerprint density at radius 3 is 2.29 bits per heavy atom. The van der Waals surface area contributed by atoms with Crippen LogP contribution in [0.1, 0.15) is 58.8 Å². The summed E-state index contributed by atoms with van der Waals surface area (Å²) in [6, 6.07) is 0.520. The van der Waals surface area contributed by atoms with E-state index in [2.05, 4.69) is 19.2 Å². The third-order valence-corrected chi connectivity index (χ3v) is 4.12. The Hall–Kier alpha value is -0.160. The van der Waals surface area contributed by atoms with Gasteiger partial charge in [0.1, 0.15) is 0 Å². The van der Waals surface area contributed by atoms with E-state index in [1.807, 2.05) is 0 Å². The van der Waals surface area contributed by atoms with Gasteiger partial charge in [0.2, 0.25) is 0 Å². The highest BCUT2D eigenvalue weighted by atomic mass is 16.5. The van der Waals surface area contributed by atoms with Gasteiger partial charge >= 0.3 is 0 Å². The molecule has 0 heterocycles. The zero-order valence-electron chi connectivity index (χ0n) is 14.3. The lowest BCUT2D eigenvalue weighted by atomic mass is 9.93. The molecule has 0 saturated heterocycles. The summed E-state index contributed by atoms with van der Waals surface area (Å²) in [6.07, 6.45) is 8.65. The molecule has 0 unspecified atom stereocenters. The van der Waals surface area contributed by atoms with Crippen LogP contribution in [0.2, 0.25) is 0 Å². The minimum absolute atomic E-state index is 0.0489. The van der Waals surface area contributed by atoms with E-state index in [1.54, 1.807) is 7.11 Å². The van der Waals surface area contributed by atoms with Crippen molar-refractivity contribution >= 4 is 0 Å². The highest BCUT2D eigenvalue weighted by Crippen LogP contribution is 2.30. The first-order valence-electron chi connectivity index (χ1n) is 8.62. The van der Waals surface area contributed by atoms with E-state index < -0.39 is 0 Å². The standard InChI is InChI=1S/C17H35NO3/c1-16(2)18-15-17(9-6-4-5-7-10-17)21-12-8-11-20-14-13-19-3/h16,18H,4-15H2,1-3H3.